The van der Waals surface area contributed by atoms with Crippen LogP contribution in [0.25, 0.3) is 0 Å². The molecule has 1 aromatic rings. The highest BCUT2D eigenvalue weighted by molar-refractivity contribution is 5.31. The maximum atomic E-state index is 5.64. The first kappa shape index (κ1) is 12.2. The molecule has 2 rings (SSSR count). The van der Waals surface area contributed by atoms with E-state index in [1.165, 1.54) is 12.8 Å². The largest absolute Gasteiger partial charge is 0.497 e. The van der Waals surface area contributed by atoms with Crippen LogP contribution in [0.1, 0.15) is 19.8 Å². The Morgan fingerprint density at radius 2 is 1.88 bits per heavy atom. The third-order valence-corrected chi connectivity index (χ3v) is 3.23. The van der Waals surface area contributed by atoms with Crippen molar-refractivity contribution < 1.29 is 9.47 Å². The Kier molecular flexibility index (Phi) is 4.26. The summed E-state index contributed by atoms with van der Waals surface area (Å²) in [6, 6.07) is 8.33. The van der Waals surface area contributed by atoms with Gasteiger partial charge in [-0.25, -0.2) is 0 Å². The summed E-state index contributed by atoms with van der Waals surface area (Å²) in [7, 11) is 1.67. The third-order valence-electron chi connectivity index (χ3n) is 3.23. The van der Waals surface area contributed by atoms with Crippen LogP contribution in [0, 0.1) is 5.92 Å². The Morgan fingerprint density at radius 3 is 2.47 bits per heavy atom. The van der Waals surface area contributed by atoms with E-state index >= 15 is 0 Å². The lowest BCUT2D eigenvalue weighted by molar-refractivity contribution is 0.302. The second kappa shape index (κ2) is 5.92. The lowest BCUT2D eigenvalue weighted by Gasteiger charge is -2.13. The van der Waals surface area contributed by atoms with Gasteiger partial charge >= 0.3 is 0 Å². The van der Waals surface area contributed by atoms with E-state index < -0.39 is 0 Å². The van der Waals surface area contributed by atoms with Crippen LogP contribution in [-0.4, -0.2) is 26.3 Å². The van der Waals surface area contributed by atoms with Crippen molar-refractivity contribution in [2.45, 2.75) is 25.8 Å². The molecule has 0 radical (unpaired) electrons. The lowest BCUT2D eigenvalue weighted by atomic mass is 10.2. The molecule has 0 unspecified atom stereocenters. The first-order valence-corrected chi connectivity index (χ1v) is 6.30. The maximum absolute atomic E-state index is 5.64. The van der Waals surface area contributed by atoms with Crippen molar-refractivity contribution in [2.75, 3.05) is 20.3 Å². The van der Waals surface area contributed by atoms with Crippen LogP contribution in [0.3, 0.4) is 0 Å². The SMILES string of the molecule is COc1ccc(OCCN[C@H](C)C2CC2)cc1. The minimum absolute atomic E-state index is 0.634. The quantitative estimate of drug-likeness (QED) is 0.736. The number of methoxy groups -OCH3 is 1. The Labute approximate surface area is 103 Å². The molecule has 1 fully saturated rings. The van der Waals surface area contributed by atoms with E-state index in [-0.39, 0.29) is 0 Å². The summed E-state index contributed by atoms with van der Waals surface area (Å²) in [6.45, 7) is 3.87. The molecule has 0 saturated heterocycles. The molecule has 0 spiro atoms. The topological polar surface area (TPSA) is 30.5 Å². The summed E-state index contributed by atoms with van der Waals surface area (Å²) >= 11 is 0. The minimum atomic E-state index is 0.634. The zero-order valence-corrected chi connectivity index (χ0v) is 10.6. The third kappa shape index (κ3) is 3.93. The van der Waals surface area contributed by atoms with Gasteiger partial charge in [0.2, 0.25) is 0 Å². The van der Waals surface area contributed by atoms with Gasteiger partial charge in [0.25, 0.3) is 0 Å². The van der Waals surface area contributed by atoms with Gasteiger partial charge < -0.3 is 14.8 Å². The second-order valence-electron chi connectivity index (χ2n) is 4.60. The number of benzene rings is 1. The smallest absolute Gasteiger partial charge is 0.119 e. The van der Waals surface area contributed by atoms with Gasteiger partial charge in [-0.05, 0) is 49.9 Å². The van der Waals surface area contributed by atoms with Crippen LogP contribution in [-0.2, 0) is 0 Å². The monoisotopic (exact) mass is 235 g/mol. The van der Waals surface area contributed by atoms with E-state index in [2.05, 4.69) is 12.2 Å². The van der Waals surface area contributed by atoms with Gasteiger partial charge in [0.15, 0.2) is 0 Å². The molecule has 0 heterocycles. The van der Waals surface area contributed by atoms with Crippen LogP contribution in [0.4, 0.5) is 0 Å². The van der Waals surface area contributed by atoms with Crippen molar-refractivity contribution in [1.82, 2.24) is 5.32 Å². The van der Waals surface area contributed by atoms with E-state index in [1.807, 2.05) is 24.3 Å². The van der Waals surface area contributed by atoms with E-state index in [9.17, 15) is 0 Å². The molecule has 1 aliphatic carbocycles. The van der Waals surface area contributed by atoms with Crippen molar-refractivity contribution in [1.29, 1.82) is 0 Å². The molecule has 0 aromatic heterocycles. The molecular formula is C14H21NO2. The van der Waals surface area contributed by atoms with Gasteiger partial charge in [-0.2, -0.15) is 0 Å². The highest BCUT2D eigenvalue weighted by Gasteiger charge is 2.27. The lowest BCUT2D eigenvalue weighted by Crippen LogP contribution is -2.31. The van der Waals surface area contributed by atoms with Crippen LogP contribution in [0.15, 0.2) is 24.3 Å². The molecule has 0 bridgehead atoms. The molecular weight excluding hydrogens is 214 g/mol. The van der Waals surface area contributed by atoms with Crippen molar-refractivity contribution in [3.63, 3.8) is 0 Å². The molecule has 3 nitrogen and oxygen atoms in total. The number of ether oxygens (including phenoxy) is 2. The maximum Gasteiger partial charge on any atom is 0.119 e. The number of hydrogen-bond donors (Lipinski definition) is 1. The zero-order chi connectivity index (χ0) is 12.1. The molecule has 3 heteroatoms. The first-order valence-electron chi connectivity index (χ1n) is 6.30. The van der Waals surface area contributed by atoms with Crippen molar-refractivity contribution in [2.24, 2.45) is 5.92 Å². The average molecular weight is 235 g/mol. The molecule has 0 aliphatic heterocycles. The summed E-state index contributed by atoms with van der Waals surface area (Å²) in [5.41, 5.74) is 0. The van der Waals surface area contributed by atoms with Crippen molar-refractivity contribution >= 4 is 0 Å². The summed E-state index contributed by atoms with van der Waals surface area (Å²) in [4.78, 5) is 0. The van der Waals surface area contributed by atoms with Crippen LogP contribution < -0.4 is 14.8 Å². The predicted octanol–water partition coefficient (Wildman–Crippen LogP) is 2.46. The summed E-state index contributed by atoms with van der Waals surface area (Å²) in [6.07, 6.45) is 2.76. The molecule has 0 amide bonds. The van der Waals surface area contributed by atoms with E-state index in [4.69, 9.17) is 9.47 Å². The highest BCUT2D eigenvalue weighted by Crippen LogP contribution is 2.32. The Balaban J connectivity index is 1.63. The van der Waals surface area contributed by atoms with Gasteiger partial charge in [0, 0.05) is 12.6 Å². The predicted molar refractivity (Wildman–Crippen MR) is 68.7 cm³/mol. The normalized spacial score (nSPS) is 16.6. The number of nitrogens with one attached hydrogen (secondary N) is 1. The molecule has 1 saturated carbocycles. The molecule has 1 aliphatic rings. The van der Waals surface area contributed by atoms with Crippen molar-refractivity contribution in [3.8, 4) is 11.5 Å². The molecule has 1 N–H and O–H groups in total. The fourth-order valence-corrected chi connectivity index (χ4v) is 1.89. The fraction of sp³-hybridized carbons (Fsp3) is 0.571. The van der Waals surface area contributed by atoms with Crippen LogP contribution in [0.2, 0.25) is 0 Å². The highest BCUT2D eigenvalue weighted by atomic mass is 16.5. The molecule has 17 heavy (non-hydrogen) atoms. The van der Waals surface area contributed by atoms with E-state index in [0.29, 0.717) is 12.6 Å². The second-order valence-corrected chi connectivity index (χ2v) is 4.60. The summed E-state index contributed by atoms with van der Waals surface area (Å²) in [5, 5.41) is 3.49. The first-order chi connectivity index (χ1) is 8.29. The van der Waals surface area contributed by atoms with Gasteiger partial charge in [0.1, 0.15) is 18.1 Å². The number of rotatable bonds is 7. The minimum Gasteiger partial charge on any atom is -0.497 e. The van der Waals surface area contributed by atoms with E-state index in [1.54, 1.807) is 7.11 Å². The summed E-state index contributed by atoms with van der Waals surface area (Å²) < 4.78 is 10.7. The Bertz CT molecular complexity index is 333. The van der Waals surface area contributed by atoms with Gasteiger partial charge in [-0.3, -0.25) is 0 Å². The summed E-state index contributed by atoms with van der Waals surface area (Å²) in [5.74, 6) is 2.65. The number of hydrogen-bond acceptors (Lipinski definition) is 3. The molecule has 1 atom stereocenters. The molecule has 94 valence electrons. The van der Waals surface area contributed by atoms with Gasteiger partial charge in [0.05, 0.1) is 7.11 Å². The average Bonchev–Trinajstić information content (AvgIpc) is 3.19. The van der Waals surface area contributed by atoms with Crippen LogP contribution >= 0.6 is 0 Å². The standard InChI is InChI=1S/C14H21NO2/c1-11(12-3-4-12)15-9-10-17-14-7-5-13(16-2)6-8-14/h5-8,11-12,15H,3-4,9-10H2,1-2H3/t11-/m1/s1. The fourth-order valence-electron chi connectivity index (χ4n) is 1.89. The van der Waals surface area contributed by atoms with Gasteiger partial charge in [-0.15, -0.1) is 0 Å². The Hall–Kier alpha value is -1.22. The van der Waals surface area contributed by atoms with E-state index in [0.717, 1.165) is 24.0 Å². The Morgan fingerprint density at radius 1 is 1.24 bits per heavy atom. The van der Waals surface area contributed by atoms with Gasteiger partial charge in [-0.1, -0.05) is 0 Å². The zero-order valence-electron chi connectivity index (χ0n) is 10.6. The van der Waals surface area contributed by atoms with Crippen molar-refractivity contribution in [3.05, 3.63) is 24.3 Å². The van der Waals surface area contributed by atoms with Crippen LogP contribution in [0.5, 0.6) is 11.5 Å². The molecule has 1 aromatic carbocycles.